The normalized spacial score (nSPS) is 26.4. The maximum atomic E-state index is 8.85. The number of nitrogens with one attached hydrogen (secondary N) is 1. The van der Waals surface area contributed by atoms with Gasteiger partial charge in [-0.3, -0.25) is 5.32 Å². The van der Waals surface area contributed by atoms with E-state index >= 15 is 0 Å². The molecule has 18 heavy (non-hydrogen) atoms. The number of aryl methyl sites for hydroxylation is 2. The first-order valence-electron chi connectivity index (χ1n) is 6.37. The number of rotatable bonds is 2. The number of fused-ring (bicyclic) bond motifs is 1. The van der Waals surface area contributed by atoms with Gasteiger partial charge in [-0.25, -0.2) is 0 Å². The van der Waals surface area contributed by atoms with E-state index in [0.29, 0.717) is 13.2 Å². The number of benzene rings is 1. The van der Waals surface area contributed by atoms with Crippen LogP contribution < -0.4 is 10.1 Å². The molecule has 4 nitrogen and oxygen atoms in total. The van der Waals surface area contributed by atoms with Gasteiger partial charge in [-0.15, -0.1) is 0 Å². The smallest absolute Gasteiger partial charge is 0.174 e. The summed E-state index contributed by atoms with van der Waals surface area (Å²) < 4.78 is 11.2. The van der Waals surface area contributed by atoms with Crippen LogP contribution in [-0.4, -0.2) is 25.5 Å². The Kier molecular flexibility index (Phi) is 3.18. The van der Waals surface area contributed by atoms with Gasteiger partial charge >= 0.3 is 0 Å². The van der Waals surface area contributed by atoms with E-state index in [4.69, 9.17) is 14.7 Å². The van der Waals surface area contributed by atoms with Gasteiger partial charge in [0.15, 0.2) is 6.23 Å². The molecule has 94 valence electrons. The minimum Gasteiger partial charge on any atom is -0.473 e. The van der Waals surface area contributed by atoms with Crippen molar-refractivity contribution in [2.45, 2.75) is 31.5 Å². The molecule has 2 aliphatic rings. The van der Waals surface area contributed by atoms with E-state index in [1.54, 1.807) is 0 Å². The zero-order chi connectivity index (χ0) is 12.4. The average molecular weight is 244 g/mol. The van der Waals surface area contributed by atoms with Gasteiger partial charge in [0.2, 0.25) is 0 Å². The van der Waals surface area contributed by atoms with Gasteiger partial charge < -0.3 is 9.47 Å². The lowest BCUT2D eigenvalue weighted by atomic mass is 10.1. The highest BCUT2D eigenvalue weighted by atomic mass is 16.5. The Hall–Kier alpha value is -1.57. The first kappa shape index (κ1) is 11.5. The summed E-state index contributed by atoms with van der Waals surface area (Å²) in [5, 5.41) is 12.0. The van der Waals surface area contributed by atoms with Gasteiger partial charge in [0, 0.05) is 0 Å². The number of ether oxygens (including phenoxy) is 2. The van der Waals surface area contributed by atoms with Crippen molar-refractivity contribution in [2.75, 3.05) is 13.2 Å². The summed E-state index contributed by atoms with van der Waals surface area (Å²) in [6, 6.07) is 8.12. The minimum absolute atomic E-state index is 0.233. The molecule has 3 rings (SSSR count). The summed E-state index contributed by atoms with van der Waals surface area (Å²) in [6.07, 6.45) is 3.32. The Balaban J connectivity index is 1.67. The van der Waals surface area contributed by atoms with Crippen molar-refractivity contribution >= 4 is 0 Å². The predicted octanol–water partition coefficient (Wildman–Crippen LogP) is 1.39. The van der Waals surface area contributed by atoms with Gasteiger partial charge in [-0.1, -0.05) is 6.07 Å². The third kappa shape index (κ3) is 2.33. The highest BCUT2D eigenvalue weighted by Gasteiger charge is 2.22. The van der Waals surface area contributed by atoms with E-state index in [1.165, 1.54) is 24.0 Å². The van der Waals surface area contributed by atoms with E-state index in [0.717, 1.165) is 12.2 Å². The van der Waals surface area contributed by atoms with Crippen molar-refractivity contribution in [3.05, 3.63) is 29.3 Å². The molecule has 0 spiro atoms. The molecule has 1 N–H and O–H groups in total. The molecule has 2 unspecified atom stereocenters. The summed E-state index contributed by atoms with van der Waals surface area (Å²) in [5.74, 6) is 0.857. The van der Waals surface area contributed by atoms with E-state index in [1.807, 2.05) is 6.07 Å². The van der Waals surface area contributed by atoms with Crippen LogP contribution >= 0.6 is 0 Å². The van der Waals surface area contributed by atoms with Crippen molar-refractivity contribution < 1.29 is 9.47 Å². The Bertz CT molecular complexity index is 481. The van der Waals surface area contributed by atoms with Gasteiger partial charge in [0.25, 0.3) is 0 Å². The number of morpholine rings is 1. The average Bonchev–Trinajstić information content (AvgIpc) is 2.86. The molecule has 1 saturated heterocycles. The maximum absolute atomic E-state index is 8.85. The summed E-state index contributed by atoms with van der Waals surface area (Å²) in [6.45, 7) is 0.913. The van der Waals surface area contributed by atoms with Crippen molar-refractivity contribution in [1.29, 1.82) is 5.26 Å². The zero-order valence-corrected chi connectivity index (χ0v) is 10.2. The van der Waals surface area contributed by atoms with Crippen LogP contribution in [0.3, 0.4) is 0 Å². The van der Waals surface area contributed by atoms with Crippen molar-refractivity contribution in [1.82, 2.24) is 5.32 Å². The Morgan fingerprint density at radius 3 is 3.06 bits per heavy atom. The van der Waals surface area contributed by atoms with E-state index in [9.17, 15) is 0 Å². The van der Waals surface area contributed by atoms with Crippen LogP contribution in [0.4, 0.5) is 0 Å². The van der Waals surface area contributed by atoms with E-state index < -0.39 is 0 Å². The highest BCUT2D eigenvalue weighted by molar-refractivity contribution is 5.38. The Labute approximate surface area is 107 Å². The second kappa shape index (κ2) is 4.97. The van der Waals surface area contributed by atoms with Crippen LogP contribution in [0, 0.1) is 11.3 Å². The Morgan fingerprint density at radius 1 is 1.28 bits per heavy atom. The number of nitriles is 1. The first-order chi connectivity index (χ1) is 8.85. The van der Waals surface area contributed by atoms with Crippen LogP contribution in [0.5, 0.6) is 5.75 Å². The van der Waals surface area contributed by atoms with Gasteiger partial charge in [0.05, 0.1) is 19.3 Å². The van der Waals surface area contributed by atoms with Crippen LogP contribution in [0.15, 0.2) is 18.2 Å². The molecule has 1 fully saturated rings. The first-order valence-corrected chi connectivity index (χ1v) is 6.37. The predicted molar refractivity (Wildman–Crippen MR) is 66.2 cm³/mol. The standard InChI is InChI=1S/C14H16N2O2/c15-7-12-8-17-9-14(16-12)18-13-5-4-10-2-1-3-11(10)6-13/h4-6,12,14,16H,1-3,8-9H2. The largest absolute Gasteiger partial charge is 0.473 e. The summed E-state index contributed by atoms with van der Waals surface area (Å²) in [7, 11) is 0. The topological polar surface area (TPSA) is 54.3 Å². The molecule has 1 aromatic carbocycles. The molecular weight excluding hydrogens is 228 g/mol. The van der Waals surface area contributed by atoms with Crippen molar-refractivity contribution in [3.63, 3.8) is 0 Å². The number of hydrogen-bond donors (Lipinski definition) is 1. The van der Waals surface area contributed by atoms with E-state index in [-0.39, 0.29) is 12.3 Å². The number of hydrogen-bond acceptors (Lipinski definition) is 4. The fourth-order valence-corrected chi connectivity index (χ4v) is 2.54. The molecule has 0 radical (unpaired) electrons. The molecule has 1 aromatic rings. The lowest BCUT2D eigenvalue weighted by Crippen LogP contribution is -2.50. The third-order valence-corrected chi connectivity index (χ3v) is 3.44. The fraction of sp³-hybridized carbons (Fsp3) is 0.500. The molecule has 4 heteroatoms. The molecule has 0 bridgehead atoms. The molecular formula is C14H16N2O2. The van der Waals surface area contributed by atoms with Gasteiger partial charge in [-0.05, 0) is 42.5 Å². The molecule has 2 atom stereocenters. The zero-order valence-electron chi connectivity index (χ0n) is 10.2. The van der Waals surface area contributed by atoms with Crippen molar-refractivity contribution in [3.8, 4) is 11.8 Å². The molecule has 0 aromatic heterocycles. The summed E-state index contributed by atoms with van der Waals surface area (Å²) in [4.78, 5) is 0. The molecule has 1 aliphatic carbocycles. The van der Waals surface area contributed by atoms with Crippen LogP contribution in [0.1, 0.15) is 17.5 Å². The van der Waals surface area contributed by atoms with Crippen LogP contribution in [0.2, 0.25) is 0 Å². The minimum atomic E-state index is -0.279. The second-order valence-corrected chi connectivity index (χ2v) is 4.78. The van der Waals surface area contributed by atoms with E-state index in [2.05, 4.69) is 23.5 Å². The quantitative estimate of drug-likeness (QED) is 0.854. The summed E-state index contributed by atoms with van der Waals surface area (Å²) >= 11 is 0. The highest BCUT2D eigenvalue weighted by Crippen LogP contribution is 2.26. The molecule has 0 saturated carbocycles. The monoisotopic (exact) mass is 244 g/mol. The van der Waals surface area contributed by atoms with Gasteiger partial charge in [-0.2, -0.15) is 5.26 Å². The van der Waals surface area contributed by atoms with Crippen LogP contribution in [0.25, 0.3) is 0 Å². The molecule has 0 amide bonds. The molecule has 1 aliphatic heterocycles. The lowest BCUT2D eigenvalue weighted by Gasteiger charge is -2.27. The lowest BCUT2D eigenvalue weighted by molar-refractivity contribution is -0.0158. The number of nitrogens with zero attached hydrogens (tertiary/aromatic N) is 1. The van der Waals surface area contributed by atoms with Gasteiger partial charge in [0.1, 0.15) is 11.8 Å². The summed E-state index contributed by atoms with van der Waals surface area (Å²) in [5.41, 5.74) is 2.83. The SMILES string of the molecule is N#CC1COCC(Oc2ccc3c(c2)CCC3)N1. The fourth-order valence-electron chi connectivity index (χ4n) is 2.54. The second-order valence-electron chi connectivity index (χ2n) is 4.78. The maximum Gasteiger partial charge on any atom is 0.174 e. The van der Waals surface area contributed by atoms with Crippen molar-refractivity contribution in [2.24, 2.45) is 0 Å². The Morgan fingerprint density at radius 2 is 2.17 bits per heavy atom. The molecule has 1 heterocycles. The van der Waals surface area contributed by atoms with Crippen LogP contribution in [-0.2, 0) is 17.6 Å². The third-order valence-electron chi connectivity index (χ3n) is 3.44.